The summed E-state index contributed by atoms with van der Waals surface area (Å²) in [7, 11) is 0. The summed E-state index contributed by atoms with van der Waals surface area (Å²) in [6.07, 6.45) is 0. The number of rotatable bonds is 5. The van der Waals surface area contributed by atoms with Crippen molar-refractivity contribution >= 4 is 40.9 Å². The first kappa shape index (κ1) is 16.2. The summed E-state index contributed by atoms with van der Waals surface area (Å²) < 4.78 is 0. The number of nitrogens with one attached hydrogen (secondary N) is 1. The Balaban J connectivity index is 1.87. The molecule has 2 aromatic carbocycles. The molecule has 0 unspecified atom stereocenters. The molecular weight excluding hydrogens is 325 g/mol. The molecule has 21 heavy (non-hydrogen) atoms. The zero-order chi connectivity index (χ0) is 15.2. The molecule has 0 saturated carbocycles. The van der Waals surface area contributed by atoms with Crippen LogP contribution in [-0.2, 0) is 4.79 Å². The molecule has 0 fully saturated rings. The molecule has 0 saturated heterocycles. The van der Waals surface area contributed by atoms with Crippen LogP contribution in [0.3, 0.4) is 0 Å². The minimum atomic E-state index is -0.114. The van der Waals surface area contributed by atoms with Gasteiger partial charge in [0.05, 0.1) is 11.8 Å². The van der Waals surface area contributed by atoms with Gasteiger partial charge in [-0.3, -0.25) is 4.79 Å². The number of amides is 1. The second-order valence-electron chi connectivity index (χ2n) is 4.55. The van der Waals surface area contributed by atoms with E-state index in [0.29, 0.717) is 15.8 Å². The third kappa shape index (κ3) is 4.95. The van der Waals surface area contributed by atoms with E-state index < -0.39 is 0 Å². The van der Waals surface area contributed by atoms with Gasteiger partial charge in [0, 0.05) is 14.9 Å². The van der Waals surface area contributed by atoms with E-state index in [9.17, 15) is 4.79 Å². The summed E-state index contributed by atoms with van der Waals surface area (Å²) in [6, 6.07) is 14.8. The van der Waals surface area contributed by atoms with Gasteiger partial charge in [-0.1, -0.05) is 41.4 Å². The fourth-order valence-electron chi connectivity index (χ4n) is 1.87. The number of carbonyl (C=O) groups is 1. The molecule has 0 aliphatic carbocycles. The van der Waals surface area contributed by atoms with Gasteiger partial charge in [-0.2, -0.15) is 0 Å². The number of benzene rings is 2. The van der Waals surface area contributed by atoms with Crippen LogP contribution in [0.5, 0.6) is 0 Å². The molecule has 0 aliphatic heterocycles. The van der Waals surface area contributed by atoms with Crippen molar-refractivity contribution in [2.75, 3.05) is 5.75 Å². The molecular formula is C16H15Cl2NOS. The summed E-state index contributed by atoms with van der Waals surface area (Å²) >= 11 is 13.4. The number of halogens is 2. The van der Waals surface area contributed by atoms with Gasteiger partial charge in [-0.05, 0) is 42.8 Å². The van der Waals surface area contributed by atoms with Crippen LogP contribution in [0.15, 0.2) is 53.4 Å². The summed E-state index contributed by atoms with van der Waals surface area (Å²) in [5.74, 6) is 0.332. The Morgan fingerprint density at radius 1 is 1.14 bits per heavy atom. The van der Waals surface area contributed by atoms with Gasteiger partial charge >= 0.3 is 0 Å². The molecule has 1 amide bonds. The summed E-state index contributed by atoms with van der Waals surface area (Å²) in [4.78, 5) is 13.0. The predicted octanol–water partition coefficient (Wildman–Crippen LogP) is 4.96. The van der Waals surface area contributed by atoms with Crippen LogP contribution in [0.1, 0.15) is 18.5 Å². The molecule has 0 aromatic heterocycles. The van der Waals surface area contributed by atoms with Crippen LogP contribution < -0.4 is 5.32 Å². The highest BCUT2D eigenvalue weighted by molar-refractivity contribution is 8.00. The lowest BCUT2D eigenvalue weighted by Gasteiger charge is -2.15. The lowest BCUT2D eigenvalue weighted by molar-refractivity contribution is -0.119. The molecule has 2 nitrogen and oxygen atoms in total. The van der Waals surface area contributed by atoms with Gasteiger partial charge in [0.15, 0.2) is 0 Å². The van der Waals surface area contributed by atoms with Crippen LogP contribution in [0.2, 0.25) is 10.0 Å². The van der Waals surface area contributed by atoms with Gasteiger partial charge in [-0.25, -0.2) is 0 Å². The van der Waals surface area contributed by atoms with E-state index >= 15 is 0 Å². The number of carbonyl (C=O) groups excluding carboxylic acids is 1. The highest BCUT2D eigenvalue weighted by Crippen LogP contribution is 2.23. The maximum atomic E-state index is 12.0. The van der Waals surface area contributed by atoms with Gasteiger partial charge < -0.3 is 5.32 Å². The molecule has 5 heteroatoms. The third-order valence-corrected chi connectivity index (χ3v) is 4.54. The maximum Gasteiger partial charge on any atom is 0.230 e. The lowest BCUT2D eigenvalue weighted by Crippen LogP contribution is -2.28. The summed E-state index contributed by atoms with van der Waals surface area (Å²) in [5, 5.41) is 4.30. The largest absolute Gasteiger partial charge is 0.349 e. The van der Waals surface area contributed by atoms with Crippen molar-refractivity contribution in [2.24, 2.45) is 0 Å². The van der Waals surface area contributed by atoms with Crippen LogP contribution in [0.4, 0.5) is 0 Å². The zero-order valence-electron chi connectivity index (χ0n) is 11.5. The Morgan fingerprint density at radius 2 is 1.81 bits per heavy atom. The Kier molecular flexibility index (Phi) is 5.97. The van der Waals surface area contributed by atoms with Crippen LogP contribution in [0.25, 0.3) is 0 Å². The van der Waals surface area contributed by atoms with Crippen molar-refractivity contribution in [2.45, 2.75) is 17.9 Å². The predicted molar refractivity (Wildman–Crippen MR) is 90.2 cm³/mol. The third-order valence-electron chi connectivity index (χ3n) is 2.93. The minimum Gasteiger partial charge on any atom is -0.349 e. The van der Waals surface area contributed by atoms with Crippen molar-refractivity contribution in [3.8, 4) is 0 Å². The van der Waals surface area contributed by atoms with E-state index in [1.165, 1.54) is 11.8 Å². The molecule has 1 N–H and O–H groups in total. The van der Waals surface area contributed by atoms with Crippen molar-refractivity contribution in [3.05, 3.63) is 64.1 Å². The SMILES string of the molecule is C[C@H](NC(=O)CSc1ccc(Cl)cc1)c1ccccc1Cl. The second-order valence-corrected chi connectivity index (χ2v) is 6.45. The fraction of sp³-hybridized carbons (Fsp3) is 0.188. The minimum absolute atomic E-state index is 0.0256. The van der Waals surface area contributed by atoms with Crippen LogP contribution in [-0.4, -0.2) is 11.7 Å². The van der Waals surface area contributed by atoms with Gasteiger partial charge in [0.2, 0.25) is 5.91 Å². The van der Waals surface area contributed by atoms with Crippen molar-refractivity contribution < 1.29 is 4.79 Å². The normalized spacial score (nSPS) is 12.0. The first-order valence-corrected chi connectivity index (χ1v) is 8.22. The van der Waals surface area contributed by atoms with Crippen molar-refractivity contribution in [1.82, 2.24) is 5.32 Å². The van der Waals surface area contributed by atoms with E-state index in [1.807, 2.05) is 55.5 Å². The standard InChI is InChI=1S/C16H15Cl2NOS/c1-11(14-4-2-3-5-15(14)18)19-16(20)10-21-13-8-6-12(17)7-9-13/h2-9,11H,10H2,1H3,(H,19,20)/t11-/m0/s1. The van der Waals surface area contributed by atoms with E-state index in [0.717, 1.165) is 10.5 Å². The lowest BCUT2D eigenvalue weighted by atomic mass is 10.1. The molecule has 1 atom stereocenters. The Bertz CT molecular complexity index is 616. The molecule has 2 rings (SSSR count). The van der Waals surface area contributed by atoms with Gasteiger partial charge in [0.1, 0.15) is 0 Å². The highest BCUT2D eigenvalue weighted by atomic mass is 35.5. The van der Waals surface area contributed by atoms with Crippen LogP contribution in [0, 0.1) is 0 Å². The van der Waals surface area contributed by atoms with E-state index in [2.05, 4.69) is 5.32 Å². The molecule has 0 heterocycles. The average Bonchev–Trinajstić information content (AvgIpc) is 2.47. The Labute approximate surface area is 138 Å². The number of hydrogen-bond donors (Lipinski definition) is 1. The smallest absolute Gasteiger partial charge is 0.230 e. The molecule has 110 valence electrons. The molecule has 0 bridgehead atoms. The zero-order valence-corrected chi connectivity index (χ0v) is 13.8. The summed E-state index contributed by atoms with van der Waals surface area (Å²) in [5.41, 5.74) is 0.920. The Hall–Kier alpha value is -1.16. The van der Waals surface area contributed by atoms with Crippen molar-refractivity contribution in [3.63, 3.8) is 0 Å². The van der Waals surface area contributed by atoms with E-state index in [-0.39, 0.29) is 11.9 Å². The number of thioether (sulfide) groups is 1. The van der Waals surface area contributed by atoms with Crippen LogP contribution >= 0.6 is 35.0 Å². The van der Waals surface area contributed by atoms with Gasteiger partial charge in [0.25, 0.3) is 0 Å². The quantitative estimate of drug-likeness (QED) is 0.779. The molecule has 0 aliphatic rings. The Morgan fingerprint density at radius 3 is 2.48 bits per heavy atom. The van der Waals surface area contributed by atoms with Gasteiger partial charge in [-0.15, -0.1) is 11.8 Å². The topological polar surface area (TPSA) is 29.1 Å². The first-order chi connectivity index (χ1) is 10.1. The average molecular weight is 340 g/mol. The molecule has 2 aromatic rings. The number of hydrogen-bond acceptors (Lipinski definition) is 2. The molecule has 0 radical (unpaired) electrons. The fourth-order valence-corrected chi connectivity index (χ4v) is 3.00. The van der Waals surface area contributed by atoms with Crippen molar-refractivity contribution in [1.29, 1.82) is 0 Å². The second kappa shape index (κ2) is 7.74. The van der Waals surface area contributed by atoms with E-state index in [1.54, 1.807) is 0 Å². The highest BCUT2D eigenvalue weighted by Gasteiger charge is 2.12. The monoisotopic (exact) mass is 339 g/mol. The maximum absolute atomic E-state index is 12.0. The molecule has 0 spiro atoms. The summed E-state index contributed by atoms with van der Waals surface area (Å²) in [6.45, 7) is 1.92. The van der Waals surface area contributed by atoms with E-state index in [4.69, 9.17) is 23.2 Å². The first-order valence-electron chi connectivity index (χ1n) is 6.48.